The van der Waals surface area contributed by atoms with Crippen LogP contribution in [0.2, 0.25) is 5.02 Å². The highest BCUT2D eigenvalue weighted by atomic mass is 35.5. The number of imide groups is 1. The molecule has 0 spiro atoms. The zero-order valence-corrected chi connectivity index (χ0v) is 32.2. The predicted octanol–water partition coefficient (Wildman–Crippen LogP) is 6.60. The van der Waals surface area contributed by atoms with Crippen molar-refractivity contribution >= 4 is 57.4 Å². The average Bonchev–Trinajstić information content (AvgIpc) is 3.85. The maximum Gasteiger partial charge on any atom is 0.262 e. The highest BCUT2D eigenvalue weighted by Gasteiger charge is 2.32. The Kier molecular flexibility index (Phi) is 9.63. The lowest BCUT2D eigenvalue weighted by atomic mass is 9.99. The van der Waals surface area contributed by atoms with Crippen molar-refractivity contribution in [3.8, 4) is 16.8 Å². The van der Waals surface area contributed by atoms with Gasteiger partial charge in [-0.15, -0.1) is 21.5 Å². The Labute approximate surface area is 325 Å². The second-order valence-corrected chi connectivity index (χ2v) is 15.1. The standard InChI is InChI=1S/C41H36ClN9O3S/c1-23-33(55-41-35(23)37(29-13-15-30(42)16-14-29)44-24(2)38-48-47-26(4)51(38)41)18-12-27-21-43-49(22-27)20-7-5-6-9-28-10-8-11-31-36(28)40(54)50(25(3)45-31)32-17-19-34(52)46-39(32)53/h6,8-11,13-16,21-22,24,32H,5,7,17,19-20H2,1-4H3,(H,46,52,53)/b9-6+/t24-,32?/m0/s1. The van der Waals surface area contributed by atoms with Crippen molar-refractivity contribution in [1.82, 2.24) is 39.4 Å². The van der Waals surface area contributed by atoms with Gasteiger partial charge in [-0.1, -0.05) is 59.9 Å². The highest BCUT2D eigenvalue weighted by Crippen LogP contribution is 2.39. The topological polar surface area (TPSA) is 142 Å². The monoisotopic (exact) mass is 769 g/mol. The van der Waals surface area contributed by atoms with Gasteiger partial charge in [0.05, 0.1) is 33.3 Å². The van der Waals surface area contributed by atoms with E-state index in [9.17, 15) is 14.4 Å². The number of rotatable bonds is 7. The Bertz CT molecular complexity index is 2710. The number of aliphatic imine (C=N–C) groups is 1. The zero-order valence-electron chi connectivity index (χ0n) is 30.6. The van der Waals surface area contributed by atoms with Crippen molar-refractivity contribution in [2.24, 2.45) is 4.99 Å². The number of benzene rings is 2. The summed E-state index contributed by atoms with van der Waals surface area (Å²) in [6, 6.07) is 12.3. The van der Waals surface area contributed by atoms with E-state index in [2.05, 4.69) is 48.9 Å². The van der Waals surface area contributed by atoms with Gasteiger partial charge in [-0.05, 0) is 76.3 Å². The number of hydrogen-bond acceptors (Lipinski definition) is 9. The van der Waals surface area contributed by atoms with Crippen LogP contribution < -0.4 is 10.9 Å². The average molecular weight is 770 g/mol. The molecule has 2 aliphatic heterocycles. The van der Waals surface area contributed by atoms with Crippen molar-refractivity contribution in [1.29, 1.82) is 0 Å². The molecule has 6 heterocycles. The molecule has 1 unspecified atom stereocenters. The first-order valence-electron chi connectivity index (χ1n) is 18.0. The number of aryl methyl sites for hydroxylation is 3. The van der Waals surface area contributed by atoms with Crippen LogP contribution >= 0.6 is 22.9 Å². The van der Waals surface area contributed by atoms with Gasteiger partial charge in [-0.25, -0.2) is 4.98 Å². The SMILES string of the molecule is Cc1c(C#Cc2cnn(CCC/C=C/c3cccc4nc(C)n(C5CCC(=O)NC5=O)c(=O)c34)c2)sc2c1C(c1ccc(Cl)cc1)=N[C@@H](C)c1nnc(C)n1-2. The quantitative estimate of drug-likeness (QED) is 0.110. The van der Waals surface area contributed by atoms with Crippen LogP contribution in [0.1, 0.15) is 94.9 Å². The molecule has 0 bridgehead atoms. The number of nitrogens with zero attached hydrogens (tertiary/aromatic N) is 8. The van der Waals surface area contributed by atoms with Gasteiger partial charge < -0.3 is 0 Å². The number of carbonyl (C=O) groups is 2. The molecule has 2 atom stereocenters. The Hall–Kier alpha value is -5.97. The van der Waals surface area contributed by atoms with Gasteiger partial charge in [0.15, 0.2) is 5.82 Å². The second kappa shape index (κ2) is 14.7. The number of fused-ring (bicyclic) bond motifs is 4. The maximum atomic E-state index is 13.7. The lowest BCUT2D eigenvalue weighted by molar-refractivity contribution is -0.135. The molecule has 14 heteroatoms. The van der Waals surface area contributed by atoms with Gasteiger partial charge in [0.2, 0.25) is 11.8 Å². The summed E-state index contributed by atoms with van der Waals surface area (Å²) in [4.78, 5) is 48.7. The fourth-order valence-corrected chi connectivity index (χ4v) is 8.52. The van der Waals surface area contributed by atoms with E-state index in [1.54, 1.807) is 30.5 Å². The summed E-state index contributed by atoms with van der Waals surface area (Å²) < 4.78 is 5.39. The minimum Gasteiger partial charge on any atom is -0.295 e. The fourth-order valence-electron chi connectivity index (χ4n) is 7.17. The number of nitrogens with one attached hydrogen (secondary N) is 1. The number of aromatic nitrogens is 7. The predicted molar refractivity (Wildman–Crippen MR) is 213 cm³/mol. The summed E-state index contributed by atoms with van der Waals surface area (Å²) in [5.74, 6) is 7.94. The third-order valence-corrected chi connectivity index (χ3v) is 11.3. The highest BCUT2D eigenvalue weighted by molar-refractivity contribution is 7.15. The lowest BCUT2D eigenvalue weighted by Gasteiger charge is -2.24. The summed E-state index contributed by atoms with van der Waals surface area (Å²) in [7, 11) is 0. The van der Waals surface area contributed by atoms with Crippen LogP contribution in [0.15, 0.2) is 70.7 Å². The summed E-state index contributed by atoms with van der Waals surface area (Å²) in [6.07, 6.45) is 9.69. The van der Waals surface area contributed by atoms with Crippen LogP contribution in [0, 0.1) is 32.6 Å². The smallest absolute Gasteiger partial charge is 0.262 e. The lowest BCUT2D eigenvalue weighted by Crippen LogP contribution is -2.45. The number of thiophene rings is 1. The zero-order chi connectivity index (χ0) is 38.4. The molecule has 0 radical (unpaired) electrons. The van der Waals surface area contributed by atoms with E-state index in [4.69, 9.17) is 16.6 Å². The molecule has 1 fully saturated rings. The largest absolute Gasteiger partial charge is 0.295 e. The third kappa shape index (κ3) is 6.83. The maximum absolute atomic E-state index is 13.7. The molecule has 276 valence electrons. The van der Waals surface area contributed by atoms with Crippen LogP contribution in [-0.2, 0) is 16.1 Å². The minimum atomic E-state index is -0.772. The summed E-state index contributed by atoms with van der Waals surface area (Å²) >= 11 is 7.84. The first kappa shape index (κ1) is 36.0. The van der Waals surface area contributed by atoms with Gasteiger partial charge in [0, 0.05) is 35.3 Å². The van der Waals surface area contributed by atoms with Gasteiger partial charge in [0.25, 0.3) is 5.56 Å². The van der Waals surface area contributed by atoms with Crippen LogP contribution in [0.3, 0.4) is 0 Å². The van der Waals surface area contributed by atoms with Crippen molar-refractivity contribution < 1.29 is 9.59 Å². The molecule has 2 amide bonds. The van der Waals surface area contributed by atoms with E-state index in [1.165, 1.54) is 4.57 Å². The molecule has 4 aromatic heterocycles. The Morgan fingerprint density at radius 1 is 1.04 bits per heavy atom. The molecule has 1 saturated heterocycles. The number of unbranched alkanes of at least 4 members (excludes halogenated alkanes) is 1. The molecule has 0 aliphatic carbocycles. The first-order valence-corrected chi connectivity index (χ1v) is 19.2. The van der Waals surface area contributed by atoms with Gasteiger partial charge in [-0.2, -0.15) is 5.10 Å². The molecular weight excluding hydrogens is 734 g/mol. The summed E-state index contributed by atoms with van der Waals surface area (Å²) in [6.45, 7) is 8.46. The molecule has 8 rings (SSSR count). The van der Waals surface area contributed by atoms with E-state index in [0.29, 0.717) is 28.3 Å². The first-order chi connectivity index (χ1) is 26.6. The normalized spacial score (nSPS) is 16.7. The Morgan fingerprint density at radius 2 is 1.85 bits per heavy atom. The van der Waals surface area contributed by atoms with E-state index in [0.717, 1.165) is 67.9 Å². The summed E-state index contributed by atoms with van der Waals surface area (Å²) in [5, 5.41) is 17.8. The van der Waals surface area contributed by atoms with E-state index < -0.39 is 11.9 Å². The van der Waals surface area contributed by atoms with Crippen LogP contribution in [0.25, 0.3) is 22.0 Å². The Morgan fingerprint density at radius 3 is 2.65 bits per heavy atom. The molecule has 55 heavy (non-hydrogen) atoms. The van der Waals surface area contributed by atoms with Crippen molar-refractivity contribution in [3.63, 3.8) is 0 Å². The van der Waals surface area contributed by atoms with Gasteiger partial charge in [0.1, 0.15) is 28.7 Å². The molecule has 2 aliphatic rings. The molecule has 1 N–H and O–H groups in total. The van der Waals surface area contributed by atoms with Crippen molar-refractivity contribution in [3.05, 3.63) is 126 Å². The van der Waals surface area contributed by atoms with Crippen molar-refractivity contribution in [2.75, 3.05) is 0 Å². The number of carbonyl (C=O) groups excluding carboxylic acids is 2. The fraction of sp³-hybridized carbons (Fsp3) is 0.268. The number of piperidine rings is 1. The third-order valence-electron chi connectivity index (χ3n) is 9.90. The van der Waals surface area contributed by atoms with Crippen LogP contribution in [0.4, 0.5) is 0 Å². The van der Waals surface area contributed by atoms with Gasteiger partial charge >= 0.3 is 0 Å². The molecule has 6 aromatic rings. The van der Waals surface area contributed by atoms with E-state index in [-0.39, 0.29) is 30.3 Å². The molecule has 2 aromatic carbocycles. The van der Waals surface area contributed by atoms with E-state index in [1.807, 2.05) is 73.3 Å². The van der Waals surface area contributed by atoms with Crippen LogP contribution in [-0.4, -0.2) is 51.6 Å². The summed E-state index contributed by atoms with van der Waals surface area (Å²) in [5.41, 5.74) is 5.72. The number of amides is 2. The van der Waals surface area contributed by atoms with Crippen molar-refractivity contribution in [2.45, 2.75) is 72.0 Å². The number of allylic oxidation sites excluding steroid dienone is 1. The minimum absolute atomic E-state index is 0.176. The molecule has 0 saturated carbocycles. The molecular formula is C41H36ClN9O3S. The molecule has 12 nitrogen and oxygen atoms in total. The van der Waals surface area contributed by atoms with E-state index >= 15 is 0 Å². The Balaban J connectivity index is 0.979. The number of halogens is 1. The number of hydrogen-bond donors (Lipinski definition) is 1. The van der Waals surface area contributed by atoms with Crippen LogP contribution in [0.5, 0.6) is 0 Å². The van der Waals surface area contributed by atoms with Gasteiger partial charge in [-0.3, -0.25) is 38.5 Å². The second-order valence-electron chi connectivity index (χ2n) is 13.7.